The molecule has 0 fully saturated rings. The normalized spacial score (nSPS) is 11.1. The summed E-state index contributed by atoms with van der Waals surface area (Å²) < 4.78 is 5.36. The predicted octanol–water partition coefficient (Wildman–Crippen LogP) is 2.78. The molecule has 4 heteroatoms. The zero-order valence-corrected chi connectivity index (χ0v) is 11.3. The zero-order chi connectivity index (χ0) is 12.7. The molecule has 0 saturated carbocycles. The molecule has 0 radical (unpaired) electrons. The van der Waals surface area contributed by atoms with Gasteiger partial charge in [0.25, 0.3) is 0 Å². The first kappa shape index (κ1) is 14.3. The molecule has 0 spiro atoms. The summed E-state index contributed by atoms with van der Waals surface area (Å²) in [5.41, 5.74) is 7.81. The molecule has 0 unspecified atom stereocenters. The molecule has 0 aliphatic rings. The van der Waals surface area contributed by atoms with Crippen LogP contribution in [0.15, 0.2) is 18.2 Å². The van der Waals surface area contributed by atoms with E-state index in [0.29, 0.717) is 0 Å². The minimum absolute atomic E-state index is 0.732. The molecule has 1 aromatic rings. The summed E-state index contributed by atoms with van der Waals surface area (Å²) in [6, 6.07) is 5.60. The molecule has 0 saturated heterocycles. The molecule has 0 aliphatic carbocycles. The monoisotopic (exact) mass is 256 g/mol. The molecule has 0 amide bonds. The lowest BCUT2D eigenvalue weighted by Gasteiger charge is -2.21. The van der Waals surface area contributed by atoms with Crippen LogP contribution in [0.2, 0.25) is 5.02 Å². The molecule has 0 atom stereocenters. The fraction of sp³-hybridized carbons (Fsp3) is 0.538. The van der Waals surface area contributed by atoms with Crippen LogP contribution >= 0.6 is 11.6 Å². The van der Waals surface area contributed by atoms with Crippen LogP contribution in [0.1, 0.15) is 19.4 Å². The summed E-state index contributed by atoms with van der Waals surface area (Å²) in [6.45, 7) is 8.35. The maximum absolute atomic E-state index is 5.97. The number of anilines is 1. The van der Waals surface area contributed by atoms with Gasteiger partial charge < -0.3 is 10.5 Å². The Morgan fingerprint density at radius 2 is 2.12 bits per heavy atom. The molecule has 1 rings (SSSR count). The summed E-state index contributed by atoms with van der Waals surface area (Å²) >= 11 is 5.97. The Bertz CT molecular complexity index is 344. The lowest BCUT2D eigenvalue weighted by atomic mass is 10.1. The van der Waals surface area contributed by atoms with Crippen molar-refractivity contribution >= 4 is 17.3 Å². The first-order valence-electron chi connectivity index (χ1n) is 6.01. The standard InChI is InChI=1S/C13H21ClN2O/c1-3-16(7-8-17-4-2)10-11-9-12(14)5-6-13(11)15/h5-6,9H,3-4,7-8,10,15H2,1-2H3. The largest absolute Gasteiger partial charge is 0.398 e. The maximum atomic E-state index is 5.97. The van der Waals surface area contributed by atoms with E-state index in [1.54, 1.807) is 0 Å². The Balaban J connectivity index is 2.57. The highest BCUT2D eigenvalue weighted by Crippen LogP contribution is 2.19. The van der Waals surface area contributed by atoms with Gasteiger partial charge in [0.2, 0.25) is 0 Å². The SMILES string of the molecule is CCOCCN(CC)Cc1cc(Cl)ccc1N. The number of nitrogen functional groups attached to an aromatic ring is 1. The van der Waals surface area contributed by atoms with Gasteiger partial charge in [-0.25, -0.2) is 0 Å². The van der Waals surface area contributed by atoms with Crippen molar-refractivity contribution in [3.05, 3.63) is 28.8 Å². The van der Waals surface area contributed by atoms with E-state index in [2.05, 4.69) is 11.8 Å². The lowest BCUT2D eigenvalue weighted by Crippen LogP contribution is -2.27. The number of rotatable bonds is 7. The number of likely N-dealkylation sites (N-methyl/N-ethyl adjacent to an activating group) is 1. The number of ether oxygens (including phenoxy) is 1. The van der Waals surface area contributed by atoms with Crippen molar-refractivity contribution in [1.82, 2.24) is 4.90 Å². The second-order valence-electron chi connectivity index (χ2n) is 3.91. The van der Waals surface area contributed by atoms with Crippen LogP contribution in [0.5, 0.6) is 0 Å². The van der Waals surface area contributed by atoms with Gasteiger partial charge in [0.15, 0.2) is 0 Å². The van der Waals surface area contributed by atoms with Crippen LogP contribution < -0.4 is 5.73 Å². The van der Waals surface area contributed by atoms with Gasteiger partial charge in [-0.05, 0) is 37.2 Å². The number of benzene rings is 1. The molecule has 3 nitrogen and oxygen atoms in total. The molecule has 2 N–H and O–H groups in total. The second-order valence-corrected chi connectivity index (χ2v) is 4.35. The summed E-state index contributed by atoms with van der Waals surface area (Å²) in [7, 11) is 0. The highest BCUT2D eigenvalue weighted by Gasteiger charge is 2.06. The third-order valence-electron chi connectivity index (χ3n) is 2.70. The summed E-state index contributed by atoms with van der Waals surface area (Å²) in [6.07, 6.45) is 0. The molecule has 96 valence electrons. The van der Waals surface area contributed by atoms with E-state index in [1.807, 2.05) is 25.1 Å². The Hall–Kier alpha value is -0.770. The topological polar surface area (TPSA) is 38.5 Å². The van der Waals surface area contributed by atoms with Crippen molar-refractivity contribution in [2.45, 2.75) is 20.4 Å². The Morgan fingerprint density at radius 1 is 1.35 bits per heavy atom. The van der Waals surface area contributed by atoms with Crippen molar-refractivity contribution in [3.8, 4) is 0 Å². The van der Waals surface area contributed by atoms with E-state index >= 15 is 0 Å². The fourth-order valence-corrected chi connectivity index (χ4v) is 1.83. The second kappa shape index (κ2) is 7.54. The third-order valence-corrected chi connectivity index (χ3v) is 2.94. The molecular formula is C13H21ClN2O. The van der Waals surface area contributed by atoms with E-state index in [4.69, 9.17) is 22.1 Å². The van der Waals surface area contributed by atoms with Gasteiger partial charge in [-0.1, -0.05) is 18.5 Å². The van der Waals surface area contributed by atoms with E-state index in [9.17, 15) is 0 Å². The number of hydrogen-bond donors (Lipinski definition) is 1. The van der Waals surface area contributed by atoms with Gasteiger partial charge in [0.1, 0.15) is 0 Å². The Morgan fingerprint density at radius 3 is 2.76 bits per heavy atom. The van der Waals surface area contributed by atoms with Gasteiger partial charge in [-0.3, -0.25) is 4.90 Å². The summed E-state index contributed by atoms with van der Waals surface area (Å²) in [5, 5.41) is 0.732. The van der Waals surface area contributed by atoms with Gasteiger partial charge >= 0.3 is 0 Å². The first-order valence-corrected chi connectivity index (χ1v) is 6.39. The maximum Gasteiger partial charge on any atom is 0.0593 e. The quantitative estimate of drug-likeness (QED) is 0.602. The average Bonchev–Trinajstić information content (AvgIpc) is 2.32. The van der Waals surface area contributed by atoms with E-state index < -0.39 is 0 Å². The molecule has 0 heterocycles. The van der Waals surface area contributed by atoms with Crippen molar-refractivity contribution in [2.75, 3.05) is 32.0 Å². The summed E-state index contributed by atoms with van der Waals surface area (Å²) in [4.78, 5) is 2.29. The van der Waals surface area contributed by atoms with Gasteiger partial charge in [-0.2, -0.15) is 0 Å². The molecule has 0 bridgehead atoms. The third kappa shape index (κ3) is 4.94. The zero-order valence-electron chi connectivity index (χ0n) is 10.6. The van der Waals surface area contributed by atoms with Gasteiger partial charge in [0.05, 0.1) is 6.61 Å². The van der Waals surface area contributed by atoms with Crippen LogP contribution in [-0.2, 0) is 11.3 Å². The predicted molar refractivity (Wildman–Crippen MR) is 73.3 cm³/mol. The molecular weight excluding hydrogens is 236 g/mol. The molecule has 1 aromatic carbocycles. The average molecular weight is 257 g/mol. The van der Waals surface area contributed by atoms with Gasteiger partial charge in [0, 0.05) is 30.4 Å². The van der Waals surface area contributed by atoms with Gasteiger partial charge in [-0.15, -0.1) is 0 Å². The van der Waals surface area contributed by atoms with E-state index in [0.717, 1.165) is 49.1 Å². The fourth-order valence-electron chi connectivity index (χ4n) is 1.64. The van der Waals surface area contributed by atoms with Crippen molar-refractivity contribution in [1.29, 1.82) is 0 Å². The van der Waals surface area contributed by atoms with Crippen LogP contribution in [0.4, 0.5) is 5.69 Å². The van der Waals surface area contributed by atoms with Crippen LogP contribution in [0.25, 0.3) is 0 Å². The molecule has 0 aliphatic heterocycles. The highest BCUT2D eigenvalue weighted by atomic mass is 35.5. The van der Waals surface area contributed by atoms with Crippen LogP contribution in [-0.4, -0.2) is 31.2 Å². The highest BCUT2D eigenvalue weighted by molar-refractivity contribution is 6.30. The molecule has 0 aromatic heterocycles. The molecule has 17 heavy (non-hydrogen) atoms. The minimum atomic E-state index is 0.732. The Labute approximate surface area is 109 Å². The van der Waals surface area contributed by atoms with E-state index in [1.165, 1.54) is 0 Å². The summed E-state index contributed by atoms with van der Waals surface area (Å²) in [5.74, 6) is 0. The van der Waals surface area contributed by atoms with Crippen molar-refractivity contribution < 1.29 is 4.74 Å². The number of halogens is 1. The van der Waals surface area contributed by atoms with Crippen molar-refractivity contribution in [2.24, 2.45) is 0 Å². The number of hydrogen-bond acceptors (Lipinski definition) is 3. The van der Waals surface area contributed by atoms with E-state index in [-0.39, 0.29) is 0 Å². The van der Waals surface area contributed by atoms with Crippen molar-refractivity contribution in [3.63, 3.8) is 0 Å². The number of nitrogens with zero attached hydrogens (tertiary/aromatic N) is 1. The van der Waals surface area contributed by atoms with Crippen LogP contribution in [0.3, 0.4) is 0 Å². The number of nitrogens with two attached hydrogens (primary N) is 1. The minimum Gasteiger partial charge on any atom is -0.398 e. The Kier molecular flexibility index (Phi) is 6.34. The lowest BCUT2D eigenvalue weighted by molar-refractivity contribution is 0.113. The van der Waals surface area contributed by atoms with Crippen LogP contribution in [0, 0.1) is 0 Å². The smallest absolute Gasteiger partial charge is 0.0593 e. The first-order chi connectivity index (χ1) is 8.17.